The number of hydrogen-bond acceptors (Lipinski definition) is 3. The standard InChI is InChI=1S/C17H12FN5S/c18-14-7-3-1-6-13(14)16-21-22-17(24)23(16)20-10-11-9-19-15-8-4-2-5-12(11)15/h1-10,19H,(H,22,24)/b20-10-. The molecular formula is C17H12FN5S. The average Bonchev–Trinajstić information content (AvgIpc) is 3.17. The number of benzene rings is 2. The number of H-pyrrole nitrogens is 2. The van der Waals surface area contributed by atoms with Crippen molar-refractivity contribution in [2.75, 3.05) is 0 Å². The van der Waals surface area contributed by atoms with Crippen LogP contribution in [0.5, 0.6) is 0 Å². The third-order valence-electron chi connectivity index (χ3n) is 3.70. The van der Waals surface area contributed by atoms with E-state index >= 15 is 0 Å². The average molecular weight is 337 g/mol. The maximum absolute atomic E-state index is 14.0. The highest BCUT2D eigenvalue weighted by Gasteiger charge is 2.12. The molecule has 0 radical (unpaired) electrons. The number of aromatic nitrogens is 4. The molecule has 0 aliphatic rings. The van der Waals surface area contributed by atoms with Crippen molar-refractivity contribution in [1.82, 2.24) is 19.9 Å². The molecular weight excluding hydrogens is 325 g/mol. The molecule has 2 aromatic heterocycles. The Balaban J connectivity index is 1.80. The summed E-state index contributed by atoms with van der Waals surface area (Å²) >= 11 is 5.21. The number of halogens is 1. The summed E-state index contributed by atoms with van der Waals surface area (Å²) in [7, 11) is 0. The summed E-state index contributed by atoms with van der Waals surface area (Å²) in [5.74, 6) is -0.0516. The van der Waals surface area contributed by atoms with Gasteiger partial charge in [0.15, 0.2) is 5.82 Å². The minimum atomic E-state index is -0.380. The molecule has 0 aliphatic carbocycles. The second-order valence-corrected chi connectivity index (χ2v) is 5.56. The van der Waals surface area contributed by atoms with Gasteiger partial charge in [0.1, 0.15) is 5.82 Å². The molecule has 0 unspecified atom stereocenters. The van der Waals surface area contributed by atoms with Crippen LogP contribution >= 0.6 is 12.2 Å². The molecule has 4 aromatic rings. The second-order valence-electron chi connectivity index (χ2n) is 5.18. The number of nitrogens with zero attached hydrogens (tertiary/aromatic N) is 3. The van der Waals surface area contributed by atoms with Crippen LogP contribution in [-0.2, 0) is 0 Å². The first kappa shape index (κ1) is 14.5. The van der Waals surface area contributed by atoms with E-state index < -0.39 is 0 Å². The van der Waals surface area contributed by atoms with Gasteiger partial charge in [-0.3, -0.25) is 0 Å². The van der Waals surface area contributed by atoms with Crippen molar-refractivity contribution in [3.63, 3.8) is 0 Å². The summed E-state index contributed by atoms with van der Waals surface area (Å²) in [6.07, 6.45) is 3.54. The largest absolute Gasteiger partial charge is 0.361 e. The molecule has 0 fully saturated rings. The maximum Gasteiger partial charge on any atom is 0.216 e. The molecule has 4 rings (SSSR count). The Hall–Kier alpha value is -3.06. The fourth-order valence-corrected chi connectivity index (χ4v) is 2.72. The van der Waals surface area contributed by atoms with E-state index in [4.69, 9.17) is 12.2 Å². The Labute approximate surface area is 141 Å². The number of nitrogens with one attached hydrogen (secondary N) is 2. The number of fused-ring (bicyclic) bond motifs is 1. The van der Waals surface area contributed by atoms with Crippen LogP contribution in [0.2, 0.25) is 0 Å². The van der Waals surface area contributed by atoms with Gasteiger partial charge in [-0.25, -0.2) is 9.49 Å². The SMILES string of the molecule is Fc1ccccc1-c1n[nH]c(=S)n1/N=C\c1c[nH]c2ccccc12. The van der Waals surface area contributed by atoms with Gasteiger partial charge in [-0.2, -0.15) is 14.9 Å². The van der Waals surface area contributed by atoms with Crippen LogP contribution < -0.4 is 0 Å². The number of hydrogen-bond donors (Lipinski definition) is 2. The van der Waals surface area contributed by atoms with E-state index in [2.05, 4.69) is 20.3 Å². The van der Waals surface area contributed by atoms with E-state index in [-0.39, 0.29) is 5.82 Å². The van der Waals surface area contributed by atoms with Gasteiger partial charge in [-0.15, -0.1) is 0 Å². The normalized spacial score (nSPS) is 11.5. The van der Waals surface area contributed by atoms with Gasteiger partial charge in [0.2, 0.25) is 4.77 Å². The lowest BCUT2D eigenvalue weighted by molar-refractivity contribution is 0.628. The van der Waals surface area contributed by atoms with Crippen molar-refractivity contribution in [3.05, 3.63) is 70.9 Å². The second kappa shape index (κ2) is 5.86. The van der Waals surface area contributed by atoms with Crippen LogP contribution in [0.15, 0.2) is 59.8 Å². The Morgan fingerprint density at radius 2 is 1.92 bits per heavy atom. The van der Waals surface area contributed by atoms with Crippen LogP contribution in [0.4, 0.5) is 4.39 Å². The molecule has 24 heavy (non-hydrogen) atoms. The molecule has 5 nitrogen and oxygen atoms in total. The lowest BCUT2D eigenvalue weighted by atomic mass is 10.2. The number of para-hydroxylation sites is 1. The summed E-state index contributed by atoms with van der Waals surface area (Å²) in [5, 5.41) is 12.2. The zero-order chi connectivity index (χ0) is 16.5. The molecule has 0 saturated heterocycles. The predicted molar refractivity (Wildman–Crippen MR) is 94.1 cm³/mol. The van der Waals surface area contributed by atoms with Gasteiger partial charge in [0, 0.05) is 22.7 Å². The predicted octanol–water partition coefficient (Wildman–Crippen LogP) is 4.11. The first-order valence-electron chi connectivity index (χ1n) is 7.27. The summed E-state index contributed by atoms with van der Waals surface area (Å²) in [6, 6.07) is 14.3. The lowest BCUT2D eigenvalue weighted by Gasteiger charge is -2.01. The molecule has 2 heterocycles. The Morgan fingerprint density at radius 3 is 2.79 bits per heavy atom. The van der Waals surface area contributed by atoms with Gasteiger partial charge >= 0.3 is 0 Å². The molecule has 0 spiro atoms. The zero-order valence-corrected chi connectivity index (χ0v) is 13.2. The lowest BCUT2D eigenvalue weighted by Crippen LogP contribution is -1.96. The van der Waals surface area contributed by atoms with Gasteiger partial charge in [-0.05, 0) is 30.4 Å². The Morgan fingerprint density at radius 1 is 1.12 bits per heavy atom. The molecule has 0 bridgehead atoms. The maximum atomic E-state index is 14.0. The molecule has 2 N–H and O–H groups in total. The number of aromatic amines is 2. The van der Waals surface area contributed by atoms with Gasteiger partial charge in [-0.1, -0.05) is 30.3 Å². The molecule has 0 atom stereocenters. The molecule has 0 aliphatic heterocycles. The van der Waals surface area contributed by atoms with E-state index in [0.717, 1.165) is 16.5 Å². The van der Waals surface area contributed by atoms with Crippen molar-refractivity contribution >= 4 is 29.3 Å². The first-order valence-corrected chi connectivity index (χ1v) is 7.67. The quantitative estimate of drug-likeness (QED) is 0.436. The Kier molecular flexibility index (Phi) is 3.55. The minimum absolute atomic E-state index is 0.296. The molecule has 118 valence electrons. The van der Waals surface area contributed by atoms with Crippen molar-refractivity contribution < 1.29 is 4.39 Å². The highest BCUT2D eigenvalue weighted by molar-refractivity contribution is 7.71. The van der Waals surface area contributed by atoms with Crippen molar-refractivity contribution in [2.45, 2.75) is 0 Å². The zero-order valence-electron chi connectivity index (χ0n) is 12.4. The highest BCUT2D eigenvalue weighted by atomic mass is 32.1. The van der Waals surface area contributed by atoms with Crippen LogP contribution in [0, 0.1) is 10.6 Å². The fourth-order valence-electron chi connectivity index (χ4n) is 2.54. The van der Waals surface area contributed by atoms with Crippen LogP contribution in [0.25, 0.3) is 22.3 Å². The van der Waals surface area contributed by atoms with Crippen molar-refractivity contribution in [3.8, 4) is 11.4 Å². The topological polar surface area (TPSA) is 61.8 Å². The van der Waals surface area contributed by atoms with E-state index in [1.165, 1.54) is 10.7 Å². The third kappa shape index (κ3) is 2.44. The summed E-state index contributed by atoms with van der Waals surface area (Å²) in [5.41, 5.74) is 2.26. The smallest absolute Gasteiger partial charge is 0.216 e. The summed E-state index contributed by atoms with van der Waals surface area (Å²) in [6.45, 7) is 0. The van der Waals surface area contributed by atoms with Crippen LogP contribution in [-0.4, -0.2) is 26.1 Å². The summed E-state index contributed by atoms with van der Waals surface area (Å²) in [4.78, 5) is 3.18. The van der Waals surface area contributed by atoms with Crippen molar-refractivity contribution in [2.24, 2.45) is 5.10 Å². The molecule has 0 amide bonds. The van der Waals surface area contributed by atoms with Gasteiger partial charge in [0.05, 0.1) is 11.8 Å². The highest BCUT2D eigenvalue weighted by Crippen LogP contribution is 2.21. The van der Waals surface area contributed by atoms with E-state index in [9.17, 15) is 4.39 Å². The summed E-state index contributed by atoms with van der Waals surface area (Å²) < 4.78 is 15.7. The minimum Gasteiger partial charge on any atom is -0.361 e. The van der Waals surface area contributed by atoms with Crippen LogP contribution in [0.3, 0.4) is 0 Å². The Bertz CT molecular complexity index is 1110. The van der Waals surface area contributed by atoms with E-state index in [1.54, 1.807) is 24.4 Å². The van der Waals surface area contributed by atoms with E-state index in [1.807, 2.05) is 30.5 Å². The molecule has 0 saturated carbocycles. The number of rotatable bonds is 3. The first-order chi connectivity index (χ1) is 11.7. The fraction of sp³-hybridized carbons (Fsp3) is 0. The van der Waals surface area contributed by atoms with Gasteiger partial charge < -0.3 is 4.98 Å². The molecule has 2 aromatic carbocycles. The van der Waals surface area contributed by atoms with Crippen molar-refractivity contribution in [1.29, 1.82) is 0 Å². The van der Waals surface area contributed by atoms with E-state index in [0.29, 0.717) is 16.2 Å². The monoisotopic (exact) mass is 337 g/mol. The molecule has 7 heteroatoms. The van der Waals surface area contributed by atoms with Crippen LogP contribution in [0.1, 0.15) is 5.56 Å². The third-order valence-corrected chi connectivity index (χ3v) is 3.96. The van der Waals surface area contributed by atoms with Gasteiger partial charge in [0.25, 0.3) is 0 Å².